The van der Waals surface area contributed by atoms with Crippen LogP contribution in [0.1, 0.15) is 31.1 Å². The maximum atomic E-state index is 11.7. The minimum absolute atomic E-state index is 0.0750. The molecule has 0 saturated carbocycles. The average Bonchev–Trinajstić information content (AvgIpc) is 2.30. The Morgan fingerprint density at radius 3 is 2.39 bits per heavy atom. The molecule has 100 valence electrons. The van der Waals surface area contributed by atoms with E-state index in [1.807, 2.05) is 13.0 Å². The van der Waals surface area contributed by atoms with Crippen LogP contribution in [0.25, 0.3) is 0 Å². The van der Waals surface area contributed by atoms with E-state index in [0.29, 0.717) is 5.75 Å². The summed E-state index contributed by atoms with van der Waals surface area (Å²) in [5.74, 6) is 0.594. The molecule has 0 spiro atoms. The number of aliphatic hydroxyl groups is 1. The first-order valence-electron chi connectivity index (χ1n) is 5.99. The Balaban J connectivity index is 2.83. The van der Waals surface area contributed by atoms with Crippen molar-refractivity contribution in [3.05, 3.63) is 29.3 Å². The zero-order valence-corrected chi connectivity index (χ0v) is 11.6. The van der Waals surface area contributed by atoms with Crippen LogP contribution in [0.5, 0.6) is 5.75 Å². The van der Waals surface area contributed by atoms with Gasteiger partial charge >= 0.3 is 0 Å². The molecule has 0 bridgehead atoms. The molecular weight excluding hydrogens is 230 g/mol. The van der Waals surface area contributed by atoms with Crippen LogP contribution in [0, 0.1) is 6.92 Å². The molecule has 1 amide bonds. The molecule has 0 aliphatic heterocycles. The second kappa shape index (κ2) is 5.87. The van der Waals surface area contributed by atoms with Crippen molar-refractivity contribution < 1.29 is 14.6 Å². The first-order valence-corrected chi connectivity index (χ1v) is 5.99. The number of likely N-dealkylation sites (N-methyl/N-ethyl adjacent to an activating group) is 1. The standard InChI is InChI=1S/C14H21NO3/c1-9-8-12(10(2)16)6-7-13(9)18-11(3)14(17)15(4)5/h6-8,10-11,16H,1-5H3/t10-,11?/m0/s1. The number of ether oxygens (including phenoxy) is 1. The highest BCUT2D eigenvalue weighted by Crippen LogP contribution is 2.23. The normalized spacial score (nSPS) is 13.9. The quantitative estimate of drug-likeness (QED) is 0.889. The largest absolute Gasteiger partial charge is 0.481 e. The molecule has 0 aromatic heterocycles. The minimum atomic E-state index is -0.518. The molecule has 0 fully saturated rings. The minimum Gasteiger partial charge on any atom is -0.481 e. The third-order valence-electron chi connectivity index (χ3n) is 2.77. The van der Waals surface area contributed by atoms with Gasteiger partial charge in [-0.2, -0.15) is 0 Å². The van der Waals surface area contributed by atoms with Crippen LogP contribution >= 0.6 is 0 Å². The molecule has 2 atom stereocenters. The zero-order valence-electron chi connectivity index (χ0n) is 11.6. The molecule has 0 saturated heterocycles. The molecule has 0 aliphatic rings. The van der Waals surface area contributed by atoms with E-state index in [1.165, 1.54) is 4.90 Å². The molecule has 0 heterocycles. The predicted octanol–water partition coefficient (Wildman–Crippen LogP) is 1.90. The van der Waals surface area contributed by atoms with Crippen molar-refractivity contribution in [1.82, 2.24) is 4.90 Å². The SMILES string of the molecule is Cc1cc([C@H](C)O)ccc1OC(C)C(=O)N(C)C. The number of hydrogen-bond donors (Lipinski definition) is 1. The van der Waals surface area contributed by atoms with Gasteiger partial charge in [0.15, 0.2) is 6.10 Å². The maximum Gasteiger partial charge on any atom is 0.262 e. The van der Waals surface area contributed by atoms with E-state index in [9.17, 15) is 9.90 Å². The molecule has 1 rings (SSSR count). The number of carbonyl (C=O) groups is 1. The number of rotatable bonds is 4. The van der Waals surface area contributed by atoms with Gasteiger partial charge in [0.25, 0.3) is 5.91 Å². The number of aliphatic hydroxyl groups excluding tert-OH is 1. The monoisotopic (exact) mass is 251 g/mol. The lowest BCUT2D eigenvalue weighted by Gasteiger charge is -2.20. The van der Waals surface area contributed by atoms with Gasteiger partial charge in [-0.3, -0.25) is 4.79 Å². The average molecular weight is 251 g/mol. The number of amides is 1. The fourth-order valence-corrected chi connectivity index (χ4v) is 1.67. The zero-order chi connectivity index (χ0) is 13.9. The molecule has 1 aromatic rings. The van der Waals surface area contributed by atoms with Gasteiger partial charge in [0, 0.05) is 14.1 Å². The van der Waals surface area contributed by atoms with E-state index >= 15 is 0 Å². The summed E-state index contributed by atoms with van der Waals surface area (Å²) in [6.07, 6.45) is -1.02. The van der Waals surface area contributed by atoms with E-state index < -0.39 is 12.2 Å². The number of nitrogens with zero attached hydrogens (tertiary/aromatic N) is 1. The maximum absolute atomic E-state index is 11.7. The van der Waals surface area contributed by atoms with E-state index in [0.717, 1.165) is 11.1 Å². The van der Waals surface area contributed by atoms with Crippen LogP contribution < -0.4 is 4.74 Å². The number of carbonyl (C=O) groups excluding carboxylic acids is 1. The van der Waals surface area contributed by atoms with Gasteiger partial charge < -0.3 is 14.7 Å². The summed E-state index contributed by atoms with van der Waals surface area (Å²) >= 11 is 0. The van der Waals surface area contributed by atoms with Gasteiger partial charge in [0.1, 0.15) is 5.75 Å². The van der Waals surface area contributed by atoms with Crippen molar-refractivity contribution in [3.8, 4) is 5.75 Å². The molecule has 4 heteroatoms. The van der Waals surface area contributed by atoms with Crippen molar-refractivity contribution in [2.75, 3.05) is 14.1 Å². The Morgan fingerprint density at radius 1 is 1.33 bits per heavy atom. The van der Waals surface area contributed by atoms with Crippen LogP contribution in [0.15, 0.2) is 18.2 Å². The molecule has 0 radical (unpaired) electrons. The fraction of sp³-hybridized carbons (Fsp3) is 0.500. The molecule has 1 unspecified atom stereocenters. The van der Waals surface area contributed by atoms with Crippen LogP contribution in [-0.2, 0) is 4.79 Å². The second-order valence-corrected chi connectivity index (χ2v) is 4.69. The lowest BCUT2D eigenvalue weighted by atomic mass is 10.1. The third kappa shape index (κ3) is 3.47. The van der Waals surface area contributed by atoms with E-state index in [4.69, 9.17) is 4.74 Å². The first kappa shape index (κ1) is 14.5. The second-order valence-electron chi connectivity index (χ2n) is 4.69. The highest BCUT2D eigenvalue weighted by molar-refractivity contribution is 5.80. The molecule has 1 N–H and O–H groups in total. The third-order valence-corrected chi connectivity index (χ3v) is 2.77. The summed E-state index contributed by atoms with van der Waals surface area (Å²) in [7, 11) is 3.40. The number of hydrogen-bond acceptors (Lipinski definition) is 3. The van der Waals surface area contributed by atoms with Crippen LogP contribution in [0.2, 0.25) is 0 Å². The lowest BCUT2D eigenvalue weighted by molar-refractivity contribution is -0.135. The summed E-state index contributed by atoms with van der Waals surface area (Å²) in [4.78, 5) is 13.2. The highest BCUT2D eigenvalue weighted by Gasteiger charge is 2.17. The van der Waals surface area contributed by atoms with Crippen LogP contribution in [-0.4, -0.2) is 36.1 Å². The molecule has 1 aromatic carbocycles. The molecule has 18 heavy (non-hydrogen) atoms. The summed E-state index contributed by atoms with van der Waals surface area (Å²) in [5.41, 5.74) is 1.75. The van der Waals surface area contributed by atoms with Gasteiger partial charge in [-0.15, -0.1) is 0 Å². The Labute approximate surface area is 108 Å². The Bertz CT molecular complexity index is 427. The van der Waals surface area contributed by atoms with E-state index in [1.54, 1.807) is 40.1 Å². The van der Waals surface area contributed by atoms with Crippen molar-refractivity contribution >= 4 is 5.91 Å². The molecular formula is C14H21NO3. The summed E-state index contributed by atoms with van der Waals surface area (Å²) in [6, 6.07) is 5.46. The highest BCUT2D eigenvalue weighted by atomic mass is 16.5. The van der Waals surface area contributed by atoms with E-state index in [2.05, 4.69) is 0 Å². The topological polar surface area (TPSA) is 49.8 Å². The van der Waals surface area contributed by atoms with Crippen molar-refractivity contribution in [3.63, 3.8) is 0 Å². The van der Waals surface area contributed by atoms with Gasteiger partial charge in [0.2, 0.25) is 0 Å². The number of benzene rings is 1. The van der Waals surface area contributed by atoms with Gasteiger partial charge in [-0.05, 0) is 44.0 Å². The fourth-order valence-electron chi connectivity index (χ4n) is 1.67. The van der Waals surface area contributed by atoms with Crippen molar-refractivity contribution in [1.29, 1.82) is 0 Å². The van der Waals surface area contributed by atoms with Crippen LogP contribution in [0.4, 0.5) is 0 Å². The van der Waals surface area contributed by atoms with Gasteiger partial charge in [-0.25, -0.2) is 0 Å². The first-order chi connectivity index (χ1) is 8.32. The van der Waals surface area contributed by atoms with Gasteiger partial charge in [-0.1, -0.05) is 6.07 Å². The lowest BCUT2D eigenvalue weighted by Crippen LogP contribution is -2.35. The summed E-state index contributed by atoms with van der Waals surface area (Å²) < 4.78 is 5.63. The van der Waals surface area contributed by atoms with Crippen LogP contribution in [0.3, 0.4) is 0 Å². The smallest absolute Gasteiger partial charge is 0.262 e. The number of aryl methyl sites for hydroxylation is 1. The van der Waals surface area contributed by atoms with Gasteiger partial charge in [0.05, 0.1) is 6.10 Å². The predicted molar refractivity (Wildman–Crippen MR) is 70.6 cm³/mol. The Hall–Kier alpha value is -1.55. The summed E-state index contributed by atoms with van der Waals surface area (Å²) in [5, 5.41) is 9.48. The van der Waals surface area contributed by atoms with E-state index in [-0.39, 0.29) is 5.91 Å². The summed E-state index contributed by atoms with van der Waals surface area (Å²) in [6.45, 7) is 5.34. The Kier molecular flexibility index (Phi) is 4.73. The van der Waals surface area contributed by atoms with Crippen molar-refractivity contribution in [2.24, 2.45) is 0 Å². The Morgan fingerprint density at radius 2 is 1.94 bits per heavy atom. The molecule has 0 aliphatic carbocycles. The molecule has 4 nitrogen and oxygen atoms in total. The van der Waals surface area contributed by atoms with Crippen molar-refractivity contribution in [2.45, 2.75) is 33.0 Å².